The first-order chi connectivity index (χ1) is 7.26. The Kier molecular flexibility index (Phi) is 5.40. The Labute approximate surface area is 96.2 Å². The van der Waals surface area contributed by atoms with Crippen LogP contribution in [0.3, 0.4) is 0 Å². The normalized spacial score (nSPS) is 10.3. The molecule has 2 N–H and O–H groups in total. The highest BCUT2D eigenvalue weighted by atomic mass is 32.2. The van der Waals surface area contributed by atoms with Crippen molar-refractivity contribution in [2.24, 2.45) is 0 Å². The van der Waals surface area contributed by atoms with Gasteiger partial charge < -0.3 is 10.5 Å². The fourth-order valence-corrected chi connectivity index (χ4v) is 2.34. The van der Waals surface area contributed by atoms with Crippen molar-refractivity contribution in [3.63, 3.8) is 0 Å². The van der Waals surface area contributed by atoms with Crippen LogP contribution in [0.2, 0.25) is 0 Å². The molecule has 1 aromatic rings. The average molecular weight is 225 g/mol. The molecule has 84 valence electrons. The summed E-state index contributed by atoms with van der Waals surface area (Å²) >= 11 is 1.84. The van der Waals surface area contributed by atoms with Gasteiger partial charge in [-0.1, -0.05) is 19.8 Å². The van der Waals surface area contributed by atoms with E-state index < -0.39 is 0 Å². The number of benzene rings is 1. The van der Waals surface area contributed by atoms with Crippen molar-refractivity contribution in [1.29, 1.82) is 0 Å². The van der Waals surface area contributed by atoms with Crippen LogP contribution in [0, 0.1) is 0 Å². The minimum atomic E-state index is 0.771. The van der Waals surface area contributed by atoms with Gasteiger partial charge in [0.05, 0.1) is 7.11 Å². The van der Waals surface area contributed by atoms with Crippen molar-refractivity contribution in [1.82, 2.24) is 0 Å². The van der Waals surface area contributed by atoms with Gasteiger partial charge in [0.1, 0.15) is 5.75 Å². The van der Waals surface area contributed by atoms with Crippen molar-refractivity contribution < 1.29 is 4.74 Å². The number of rotatable bonds is 6. The Morgan fingerprint density at radius 2 is 2.07 bits per heavy atom. The molecule has 0 amide bonds. The second-order valence-electron chi connectivity index (χ2n) is 3.50. The Hall–Kier alpha value is -0.830. The van der Waals surface area contributed by atoms with E-state index in [4.69, 9.17) is 10.5 Å². The number of nitrogens with two attached hydrogens (primary N) is 1. The lowest BCUT2D eigenvalue weighted by atomic mass is 10.3. The molecule has 0 saturated heterocycles. The van der Waals surface area contributed by atoms with E-state index in [1.807, 2.05) is 30.0 Å². The van der Waals surface area contributed by atoms with Crippen molar-refractivity contribution in [2.45, 2.75) is 31.1 Å². The lowest BCUT2D eigenvalue weighted by Crippen LogP contribution is -1.89. The van der Waals surface area contributed by atoms with Crippen LogP contribution in [0.5, 0.6) is 5.75 Å². The van der Waals surface area contributed by atoms with Gasteiger partial charge in [0, 0.05) is 16.6 Å². The van der Waals surface area contributed by atoms with Crippen molar-refractivity contribution in [2.75, 3.05) is 18.6 Å². The number of thioether (sulfide) groups is 1. The lowest BCUT2D eigenvalue weighted by Gasteiger charge is -2.06. The Morgan fingerprint density at radius 3 is 2.73 bits per heavy atom. The Bertz CT molecular complexity index is 302. The molecule has 0 aromatic heterocycles. The molecule has 1 rings (SSSR count). The zero-order valence-electron chi connectivity index (χ0n) is 9.45. The van der Waals surface area contributed by atoms with Crippen LogP contribution < -0.4 is 10.5 Å². The molecule has 2 nitrogen and oxygen atoms in total. The van der Waals surface area contributed by atoms with Crippen molar-refractivity contribution in [3.8, 4) is 5.75 Å². The molecule has 3 heteroatoms. The highest BCUT2D eigenvalue weighted by Crippen LogP contribution is 2.27. The van der Waals surface area contributed by atoms with E-state index in [9.17, 15) is 0 Å². The van der Waals surface area contributed by atoms with E-state index in [0.717, 1.165) is 17.2 Å². The van der Waals surface area contributed by atoms with E-state index in [0.29, 0.717) is 0 Å². The summed E-state index contributed by atoms with van der Waals surface area (Å²) in [6.07, 6.45) is 3.82. The maximum absolute atomic E-state index is 5.77. The third kappa shape index (κ3) is 4.47. The van der Waals surface area contributed by atoms with Crippen molar-refractivity contribution >= 4 is 17.4 Å². The highest BCUT2D eigenvalue weighted by Gasteiger charge is 1.99. The number of hydrogen-bond acceptors (Lipinski definition) is 3. The molecular weight excluding hydrogens is 206 g/mol. The van der Waals surface area contributed by atoms with E-state index in [2.05, 4.69) is 6.92 Å². The summed E-state index contributed by atoms with van der Waals surface area (Å²) in [5.41, 5.74) is 6.54. The fourth-order valence-electron chi connectivity index (χ4n) is 1.34. The number of unbranched alkanes of at least 4 members (excludes halogenated alkanes) is 2. The van der Waals surface area contributed by atoms with Gasteiger partial charge in [0.15, 0.2) is 0 Å². The maximum Gasteiger partial charge on any atom is 0.122 e. The summed E-state index contributed by atoms with van der Waals surface area (Å²) in [6, 6.07) is 5.88. The van der Waals surface area contributed by atoms with Crippen LogP contribution in [0.15, 0.2) is 23.1 Å². The molecule has 0 radical (unpaired) electrons. The molecule has 0 atom stereocenters. The Balaban J connectivity index is 2.49. The largest absolute Gasteiger partial charge is 0.497 e. The summed E-state index contributed by atoms with van der Waals surface area (Å²) in [5, 5.41) is 0. The van der Waals surface area contributed by atoms with E-state index >= 15 is 0 Å². The predicted molar refractivity (Wildman–Crippen MR) is 67.7 cm³/mol. The van der Waals surface area contributed by atoms with Crippen LogP contribution in [0.4, 0.5) is 5.69 Å². The monoisotopic (exact) mass is 225 g/mol. The summed E-state index contributed by atoms with van der Waals surface area (Å²) in [5.74, 6) is 1.99. The molecule has 0 heterocycles. The minimum absolute atomic E-state index is 0.771. The SMILES string of the molecule is CCCCCSc1cc(N)cc(OC)c1. The second-order valence-corrected chi connectivity index (χ2v) is 4.67. The average Bonchev–Trinajstić information content (AvgIpc) is 2.23. The minimum Gasteiger partial charge on any atom is -0.497 e. The molecule has 0 bridgehead atoms. The van der Waals surface area contributed by atoms with Gasteiger partial charge in [-0.3, -0.25) is 0 Å². The van der Waals surface area contributed by atoms with Gasteiger partial charge in [0.2, 0.25) is 0 Å². The standard InChI is InChI=1S/C12H19NOS/c1-3-4-5-6-15-12-8-10(13)7-11(9-12)14-2/h7-9H,3-6,13H2,1-2H3. The first kappa shape index (κ1) is 12.2. The first-order valence-corrected chi connectivity index (χ1v) is 6.32. The topological polar surface area (TPSA) is 35.2 Å². The highest BCUT2D eigenvalue weighted by molar-refractivity contribution is 7.99. The molecule has 0 unspecified atom stereocenters. The van der Waals surface area contributed by atoms with Crippen LogP contribution in [-0.2, 0) is 0 Å². The van der Waals surface area contributed by atoms with Crippen LogP contribution >= 0.6 is 11.8 Å². The molecule has 15 heavy (non-hydrogen) atoms. The zero-order chi connectivity index (χ0) is 11.1. The summed E-state index contributed by atoms with van der Waals surface area (Å²) in [4.78, 5) is 1.20. The molecule has 0 saturated carbocycles. The molecule has 0 aliphatic carbocycles. The van der Waals surface area contributed by atoms with Gasteiger partial charge >= 0.3 is 0 Å². The number of methoxy groups -OCH3 is 1. The number of nitrogen functional groups attached to an aromatic ring is 1. The molecule has 1 aromatic carbocycles. The van der Waals surface area contributed by atoms with E-state index in [1.54, 1.807) is 7.11 Å². The van der Waals surface area contributed by atoms with Gasteiger partial charge in [-0.25, -0.2) is 0 Å². The van der Waals surface area contributed by atoms with E-state index in [-0.39, 0.29) is 0 Å². The number of ether oxygens (including phenoxy) is 1. The second kappa shape index (κ2) is 6.62. The van der Waals surface area contributed by atoms with Gasteiger partial charge in [-0.05, 0) is 24.3 Å². The smallest absolute Gasteiger partial charge is 0.122 e. The van der Waals surface area contributed by atoms with Crippen LogP contribution in [0.25, 0.3) is 0 Å². The first-order valence-electron chi connectivity index (χ1n) is 5.33. The quantitative estimate of drug-likeness (QED) is 0.457. The van der Waals surface area contributed by atoms with Crippen LogP contribution in [-0.4, -0.2) is 12.9 Å². The van der Waals surface area contributed by atoms with Gasteiger partial charge in [-0.15, -0.1) is 11.8 Å². The molecule has 0 aliphatic rings. The molecule has 0 aliphatic heterocycles. The van der Waals surface area contributed by atoms with E-state index in [1.165, 1.54) is 24.2 Å². The van der Waals surface area contributed by atoms with Gasteiger partial charge in [0.25, 0.3) is 0 Å². The fraction of sp³-hybridized carbons (Fsp3) is 0.500. The third-order valence-corrected chi connectivity index (χ3v) is 3.22. The predicted octanol–water partition coefficient (Wildman–Crippen LogP) is 3.56. The summed E-state index contributed by atoms with van der Waals surface area (Å²) in [7, 11) is 1.67. The number of hydrogen-bond donors (Lipinski definition) is 1. The molecule has 0 fully saturated rings. The summed E-state index contributed by atoms with van der Waals surface area (Å²) in [6.45, 7) is 2.22. The lowest BCUT2D eigenvalue weighted by molar-refractivity contribution is 0.414. The zero-order valence-corrected chi connectivity index (χ0v) is 10.3. The number of anilines is 1. The molecular formula is C12H19NOS. The third-order valence-electron chi connectivity index (χ3n) is 2.15. The maximum atomic E-state index is 5.77. The van der Waals surface area contributed by atoms with Crippen molar-refractivity contribution in [3.05, 3.63) is 18.2 Å². The van der Waals surface area contributed by atoms with Gasteiger partial charge in [-0.2, -0.15) is 0 Å². The molecule has 0 spiro atoms. The Morgan fingerprint density at radius 1 is 1.27 bits per heavy atom. The van der Waals surface area contributed by atoms with Crippen LogP contribution in [0.1, 0.15) is 26.2 Å². The summed E-state index contributed by atoms with van der Waals surface area (Å²) < 4.78 is 5.17.